The average molecular weight is 885 g/mol. The maximum Gasteiger partial charge on any atom is 0.375 e. The number of rotatable bonds is 15. The number of benzene rings is 2. The molecule has 1 saturated heterocycles. The molecule has 0 bridgehead atoms. The molecule has 64 heavy (non-hydrogen) atoms. The minimum absolute atomic E-state index is 0.0123. The molecule has 2 aliphatic carbocycles. The van der Waals surface area contributed by atoms with Crippen LogP contribution < -0.4 is 24.8 Å². The lowest BCUT2D eigenvalue weighted by atomic mass is 9.71. The molecule has 14 heteroatoms. The predicted octanol–water partition coefficient (Wildman–Crippen LogP) is 3.77. The normalized spacial score (nSPS) is 28.8. The number of carbonyl (C=O) groups excluding carboxylic acids is 3. The Hall–Kier alpha value is -4.44. The van der Waals surface area contributed by atoms with Gasteiger partial charge in [0.2, 0.25) is 5.76 Å². The van der Waals surface area contributed by atoms with Crippen LogP contribution in [0.1, 0.15) is 113 Å². The van der Waals surface area contributed by atoms with Crippen molar-refractivity contribution in [3.63, 3.8) is 0 Å². The number of likely N-dealkylation sites (tertiary alicyclic amines) is 1. The first kappa shape index (κ1) is 46.1. The van der Waals surface area contributed by atoms with Crippen LogP contribution in [-0.2, 0) is 36.9 Å². The van der Waals surface area contributed by atoms with Gasteiger partial charge in [0.25, 0.3) is 0 Å². The topological polar surface area (TPSA) is 194 Å². The lowest BCUT2D eigenvalue weighted by Gasteiger charge is -2.46. The second-order valence-electron chi connectivity index (χ2n) is 18.5. The third-order valence-corrected chi connectivity index (χ3v) is 14.7. The van der Waals surface area contributed by atoms with Gasteiger partial charge in [-0.3, -0.25) is 14.6 Å². The van der Waals surface area contributed by atoms with E-state index < -0.39 is 54.9 Å². The number of nitrogens with zero attached hydrogens (tertiary/aromatic N) is 2. The number of hydrogen-bond acceptors (Lipinski definition) is 14. The zero-order valence-corrected chi connectivity index (χ0v) is 37.6. The number of Topliss-reactive ketones (excluding diaryl/α,β-unsaturated/α-hetero) is 1. The fourth-order valence-corrected chi connectivity index (χ4v) is 11.2. The summed E-state index contributed by atoms with van der Waals surface area (Å²) in [7, 11) is 1.71. The van der Waals surface area contributed by atoms with E-state index in [0.29, 0.717) is 73.1 Å². The smallest absolute Gasteiger partial charge is 0.375 e. The van der Waals surface area contributed by atoms with Gasteiger partial charge >= 0.3 is 5.97 Å². The summed E-state index contributed by atoms with van der Waals surface area (Å²) in [6.45, 7) is 7.54. The van der Waals surface area contributed by atoms with Crippen LogP contribution in [0, 0.1) is 11.8 Å². The van der Waals surface area contributed by atoms with Crippen molar-refractivity contribution < 1.29 is 58.5 Å². The van der Waals surface area contributed by atoms with Gasteiger partial charge in [0.1, 0.15) is 40.8 Å². The number of allylic oxidation sites excluding steroid dienone is 3. The van der Waals surface area contributed by atoms with Gasteiger partial charge in [0.05, 0.1) is 54.5 Å². The van der Waals surface area contributed by atoms with Crippen LogP contribution in [0.5, 0.6) is 17.2 Å². The number of ketones is 1. The SMILES string of the molecule is CCOC(=O)C1=C(C=O)C(=C2C[C@H](CO)C(=O)[C@@H](c3ccc4c(c3)=CCN=4)C2)c2c(c(CO)c3c(c2O[C@@H]2CCC[C@H](O)C2)C[C@@H]([C@](C)(O)[C@H]2CCN(CCCOC)[C@H](CC)C2)O3)O1. The quantitative estimate of drug-likeness (QED) is 0.115. The summed E-state index contributed by atoms with van der Waals surface area (Å²) in [5.41, 5.74) is 1.34. The molecule has 0 spiro atoms. The molecular formula is C50H64N2O12. The highest BCUT2D eigenvalue weighted by Gasteiger charge is 2.50. The van der Waals surface area contributed by atoms with E-state index in [1.165, 1.54) is 0 Å². The average Bonchev–Trinajstić information content (AvgIpc) is 3.97. The van der Waals surface area contributed by atoms with E-state index in [2.05, 4.69) is 16.8 Å². The Labute approximate surface area is 374 Å². The van der Waals surface area contributed by atoms with Gasteiger partial charge in [-0.1, -0.05) is 24.6 Å². The zero-order chi connectivity index (χ0) is 45.3. The van der Waals surface area contributed by atoms with E-state index in [1.54, 1.807) is 14.0 Å². The third kappa shape index (κ3) is 8.69. The molecule has 4 aliphatic heterocycles. The Balaban J connectivity index is 1.29. The highest BCUT2D eigenvalue weighted by Crippen LogP contribution is 2.58. The van der Waals surface area contributed by atoms with E-state index in [-0.39, 0.29) is 72.0 Å². The number of piperidine rings is 1. The van der Waals surface area contributed by atoms with Crippen LogP contribution in [-0.4, -0.2) is 120 Å². The molecule has 0 radical (unpaired) electrons. The second kappa shape index (κ2) is 19.6. The van der Waals surface area contributed by atoms with Crippen molar-refractivity contribution in [1.82, 2.24) is 4.90 Å². The predicted molar refractivity (Wildman–Crippen MR) is 236 cm³/mol. The van der Waals surface area contributed by atoms with Gasteiger partial charge in [0.15, 0.2) is 6.29 Å². The number of fused-ring (bicyclic) bond motifs is 3. The van der Waals surface area contributed by atoms with Crippen LogP contribution in [0.15, 0.2) is 40.1 Å². The Kier molecular flexibility index (Phi) is 14.1. The first-order chi connectivity index (χ1) is 30.9. The Bertz CT molecular complexity index is 2320. The number of aldehydes is 1. The Morgan fingerprint density at radius 1 is 1.09 bits per heavy atom. The number of ether oxygens (including phenoxy) is 5. The summed E-state index contributed by atoms with van der Waals surface area (Å²) in [6.07, 6.45) is 6.82. The maximum atomic E-state index is 14.2. The van der Waals surface area contributed by atoms with Crippen LogP contribution in [0.4, 0.5) is 0 Å². The van der Waals surface area contributed by atoms with Crippen LogP contribution in [0.2, 0.25) is 0 Å². The molecule has 0 unspecified atom stereocenters. The molecule has 14 nitrogen and oxygen atoms in total. The van der Waals surface area contributed by atoms with Crippen molar-refractivity contribution in [2.45, 2.75) is 134 Å². The van der Waals surface area contributed by atoms with Crippen molar-refractivity contribution in [2.75, 3.05) is 46.6 Å². The van der Waals surface area contributed by atoms with Gasteiger partial charge in [0, 0.05) is 62.1 Å². The Morgan fingerprint density at radius 3 is 2.64 bits per heavy atom. The second-order valence-corrected chi connectivity index (χ2v) is 18.5. The molecule has 0 amide bonds. The van der Waals surface area contributed by atoms with Crippen molar-refractivity contribution in [2.24, 2.45) is 16.8 Å². The summed E-state index contributed by atoms with van der Waals surface area (Å²) in [5, 5.41) is 47.4. The number of methoxy groups -OCH3 is 1. The van der Waals surface area contributed by atoms with Crippen molar-refractivity contribution in [1.29, 1.82) is 0 Å². The molecule has 8 atom stereocenters. The van der Waals surface area contributed by atoms with Crippen LogP contribution in [0.3, 0.4) is 0 Å². The molecule has 4 heterocycles. The van der Waals surface area contributed by atoms with E-state index >= 15 is 0 Å². The van der Waals surface area contributed by atoms with Crippen LogP contribution >= 0.6 is 0 Å². The van der Waals surface area contributed by atoms with Gasteiger partial charge in [-0.25, -0.2) is 4.79 Å². The van der Waals surface area contributed by atoms with E-state index in [4.69, 9.17) is 23.7 Å². The number of aliphatic hydroxyl groups is 4. The zero-order valence-electron chi connectivity index (χ0n) is 37.6. The fourth-order valence-electron chi connectivity index (χ4n) is 11.2. The van der Waals surface area contributed by atoms with Crippen LogP contribution in [0.25, 0.3) is 11.6 Å². The molecule has 2 saturated carbocycles. The highest BCUT2D eigenvalue weighted by atomic mass is 16.6. The minimum atomic E-state index is -1.33. The molecule has 6 aliphatic rings. The summed E-state index contributed by atoms with van der Waals surface area (Å²) >= 11 is 0. The van der Waals surface area contributed by atoms with Gasteiger partial charge in [-0.2, -0.15) is 0 Å². The first-order valence-electron chi connectivity index (χ1n) is 23.3. The van der Waals surface area contributed by atoms with Crippen molar-refractivity contribution >= 4 is 29.7 Å². The number of aliphatic hydroxyl groups excluding tert-OH is 3. The number of esters is 1. The number of carbonyl (C=O) groups is 3. The van der Waals surface area contributed by atoms with Gasteiger partial charge < -0.3 is 49.0 Å². The summed E-state index contributed by atoms with van der Waals surface area (Å²) in [6, 6.07) is 5.98. The standard InChI is InChI=1S/C50H64N2O12/c1-5-33-22-32(14-17-52(33)16-8-18-60-4)50(3,59)41-24-37-45(63-41)39(27-55)47-43(46(37)62-35-10-7-9-34(56)23-35)42(38(26-54)48(64-47)49(58)61-6-2)30-20-31(25-53)44(57)36(21-30)28-11-12-40-29(19-28)13-15-51-40/h11-13,19,26,31-36,41,53,55-56,59H,5-10,14-18,20-25,27H2,1-4H3/t31-,32+,33-,34+,35-,36-,41+,50-/m1/s1. The molecule has 2 aromatic carbocycles. The molecule has 8 rings (SSSR count). The summed E-state index contributed by atoms with van der Waals surface area (Å²) < 4.78 is 31.1. The van der Waals surface area contributed by atoms with Gasteiger partial charge in [-0.15, -0.1) is 0 Å². The lowest BCUT2D eigenvalue weighted by molar-refractivity contribution is -0.141. The summed E-state index contributed by atoms with van der Waals surface area (Å²) in [4.78, 5) is 48.6. The molecule has 3 fully saturated rings. The van der Waals surface area contributed by atoms with Gasteiger partial charge in [-0.05, 0) is 107 Å². The van der Waals surface area contributed by atoms with E-state index in [9.17, 15) is 34.8 Å². The molecular weight excluding hydrogens is 821 g/mol. The molecule has 0 aromatic heterocycles. The maximum absolute atomic E-state index is 14.2. The fraction of sp³-hybridized carbons (Fsp3) is 0.600. The van der Waals surface area contributed by atoms with Crippen molar-refractivity contribution in [3.05, 3.63) is 67.9 Å². The highest BCUT2D eigenvalue weighted by molar-refractivity contribution is 6.11. The molecule has 346 valence electrons. The van der Waals surface area contributed by atoms with Crippen molar-refractivity contribution in [3.8, 4) is 17.2 Å². The molecule has 4 N–H and O–H groups in total. The lowest BCUT2D eigenvalue weighted by Crippen LogP contribution is -2.54. The first-order valence-corrected chi connectivity index (χ1v) is 23.3. The van der Waals surface area contributed by atoms with E-state index in [1.807, 2.05) is 31.2 Å². The molecule has 2 aromatic rings. The Morgan fingerprint density at radius 2 is 1.92 bits per heavy atom. The number of hydrogen-bond donors (Lipinski definition) is 4. The largest absolute Gasteiger partial charge is 0.489 e. The summed E-state index contributed by atoms with van der Waals surface area (Å²) in [5.74, 6) is -2.45. The third-order valence-electron chi connectivity index (χ3n) is 14.7. The van der Waals surface area contributed by atoms with E-state index in [0.717, 1.165) is 54.9 Å². The minimum Gasteiger partial charge on any atom is -0.489 e. The monoisotopic (exact) mass is 884 g/mol.